The molecule has 0 unspecified atom stereocenters. The van der Waals surface area contributed by atoms with Gasteiger partial charge < -0.3 is 14.6 Å². The van der Waals surface area contributed by atoms with Crippen molar-refractivity contribution >= 4 is 0 Å². The third kappa shape index (κ3) is 2.70. The van der Waals surface area contributed by atoms with Crippen LogP contribution in [0.15, 0.2) is 18.2 Å². The Morgan fingerprint density at radius 1 is 1.27 bits per heavy atom. The summed E-state index contributed by atoms with van der Waals surface area (Å²) in [7, 11) is 3.24. The number of ether oxygens (including phenoxy) is 2. The van der Waals surface area contributed by atoms with E-state index in [0.717, 1.165) is 16.9 Å². The maximum absolute atomic E-state index is 10.0. The predicted molar refractivity (Wildman–Crippen MR) is 59.0 cm³/mol. The molecule has 0 saturated heterocycles. The second-order valence-corrected chi connectivity index (χ2v) is 3.98. The summed E-state index contributed by atoms with van der Waals surface area (Å²) in [6.07, 6.45) is 0. The molecule has 3 heteroatoms. The van der Waals surface area contributed by atoms with Crippen LogP contribution in [0.25, 0.3) is 0 Å². The molecule has 3 nitrogen and oxygen atoms in total. The minimum atomic E-state index is -0.887. The first-order valence-electron chi connectivity index (χ1n) is 4.88. The maximum Gasteiger partial charge on any atom is 0.124 e. The molecule has 0 aliphatic rings. The van der Waals surface area contributed by atoms with Gasteiger partial charge >= 0.3 is 0 Å². The van der Waals surface area contributed by atoms with Crippen LogP contribution < -0.4 is 4.74 Å². The van der Waals surface area contributed by atoms with E-state index in [9.17, 15) is 5.11 Å². The van der Waals surface area contributed by atoms with Gasteiger partial charge in [0.2, 0.25) is 0 Å². The van der Waals surface area contributed by atoms with Gasteiger partial charge in [-0.1, -0.05) is 12.1 Å². The fourth-order valence-electron chi connectivity index (χ4n) is 1.62. The minimum absolute atomic E-state index is 0.434. The summed E-state index contributed by atoms with van der Waals surface area (Å²) in [6, 6.07) is 5.62. The first-order valence-corrected chi connectivity index (χ1v) is 4.88. The summed E-state index contributed by atoms with van der Waals surface area (Å²) in [5.74, 6) is 0.747. The molecular formula is C12H18O3. The van der Waals surface area contributed by atoms with Gasteiger partial charge in [-0.15, -0.1) is 0 Å². The lowest BCUT2D eigenvalue weighted by Gasteiger charge is -2.23. The summed E-state index contributed by atoms with van der Waals surface area (Å²) >= 11 is 0. The van der Waals surface area contributed by atoms with Crippen molar-refractivity contribution in [3.05, 3.63) is 29.3 Å². The van der Waals surface area contributed by atoms with Crippen LogP contribution in [0.2, 0.25) is 0 Å². The number of rotatable bonds is 4. The van der Waals surface area contributed by atoms with Crippen molar-refractivity contribution in [2.75, 3.05) is 14.2 Å². The molecule has 0 heterocycles. The second kappa shape index (κ2) is 4.64. The Morgan fingerprint density at radius 2 is 1.93 bits per heavy atom. The summed E-state index contributed by atoms with van der Waals surface area (Å²) in [6.45, 7) is 3.94. The van der Waals surface area contributed by atoms with E-state index in [4.69, 9.17) is 9.47 Å². The van der Waals surface area contributed by atoms with Crippen molar-refractivity contribution in [2.45, 2.75) is 26.1 Å². The zero-order valence-electron chi connectivity index (χ0n) is 9.70. The molecule has 1 aromatic carbocycles. The molecule has 0 spiro atoms. The second-order valence-electron chi connectivity index (χ2n) is 3.98. The standard InChI is InChI=1S/C12H18O3/c1-12(2,13)10-6-5-7-11(15-4)9(10)8-14-3/h5-7,13H,8H2,1-4H3. The molecule has 0 saturated carbocycles. The molecule has 1 aromatic rings. The largest absolute Gasteiger partial charge is 0.496 e. The van der Waals surface area contributed by atoms with Crippen LogP contribution in [0, 0.1) is 0 Å². The van der Waals surface area contributed by atoms with Crippen molar-refractivity contribution in [2.24, 2.45) is 0 Å². The number of benzene rings is 1. The highest BCUT2D eigenvalue weighted by Gasteiger charge is 2.21. The Bertz CT molecular complexity index is 326. The van der Waals surface area contributed by atoms with Gasteiger partial charge in [-0.25, -0.2) is 0 Å². The zero-order chi connectivity index (χ0) is 11.5. The van der Waals surface area contributed by atoms with Gasteiger partial charge in [0.25, 0.3) is 0 Å². The highest BCUT2D eigenvalue weighted by molar-refractivity contribution is 5.42. The van der Waals surface area contributed by atoms with Crippen LogP contribution in [-0.4, -0.2) is 19.3 Å². The lowest BCUT2D eigenvalue weighted by atomic mass is 9.93. The van der Waals surface area contributed by atoms with Crippen LogP contribution in [0.1, 0.15) is 25.0 Å². The molecule has 0 atom stereocenters. The fraction of sp³-hybridized carbons (Fsp3) is 0.500. The van der Waals surface area contributed by atoms with E-state index >= 15 is 0 Å². The third-order valence-corrected chi connectivity index (χ3v) is 2.30. The fourth-order valence-corrected chi connectivity index (χ4v) is 1.62. The first kappa shape index (κ1) is 12.0. The number of aliphatic hydroxyl groups is 1. The molecule has 0 radical (unpaired) electrons. The van der Waals surface area contributed by atoms with E-state index in [-0.39, 0.29) is 0 Å². The average molecular weight is 210 g/mol. The van der Waals surface area contributed by atoms with E-state index in [0.29, 0.717) is 6.61 Å². The highest BCUT2D eigenvalue weighted by Crippen LogP contribution is 2.30. The monoisotopic (exact) mass is 210 g/mol. The van der Waals surface area contributed by atoms with E-state index in [1.165, 1.54) is 0 Å². The first-order chi connectivity index (χ1) is 7.00. The molecule has 1 rings (SSSR count). The lowest BCUT2D eigenvalue weighted by molar-refractivity contribution is 0.0741. The van der Waals surface area contributed by atoms with Gasteiger partial charge in [0, 0.05) is 12.7 Å². The quantitative estimate of drug-likeness (QED) is 0.826. The number of hydrogen-bond donors (Lipinski definition) is 1. The Balaban J connectivity index is 3.25. The van der Waals surface area contributed by atoms with Gasteiger partial charge in [0.1, 0.15) is 5.75 Å². The Hall–Kier alpha value is -1.06. The molecule has 0 aromatic heterocycles. The maximum atomic E-state index is 10.0. The Morgan fingerprint density at radius 3 is 2.40 bits per heavy atom. The van der Waals surface area contributed by atoms with Crippen LogP contribution >= 0.6 is 0 Å². The Kier molecular flexibility index (Phi) is 3.72. The van der Waals surface area contributed by atoms with Crippen LogP contribution in [0.3, 0.4) is 0 Å². The summed E-state index contributed by atoms with van der Waals surface area (Å²) in [4.78, 5) is 0. The van der Waals surface area contributed by atoms with Crippen molar-refractivity contribution in [1.29, 1.82) is 0 Å². The van der Waals surface area contributed by atoms with Crippen molar-refractivity contribution in [1.82, 2.24) is 0 Å². The van der Waals surface area contributed by atoms with E-state index in [1.54, 1.807) is 28.1 Å². The van der Waals surface area contributed by atoms with Gasteiger partial charge in [-0.05, 0) is 25.5 Å². The minimum Gasteiger partial charge on any atom is -0.496 e. The summed E-state index contributed by atoms with van der Waals surface area (Å²) in [5.41, 5.74) is 0.848. The van der Waals surface area contributed by atoms with Crippen LogP contribution in [0.5, 0.6) is 5.75 Å². The van der Waals surface area contributed by atoms with E-state index < -0.39 is 5.60 Å². The summed E-state index contributed by atoms with van der Waals surface area (Å²) < 4.78 is 10.4. The Labute approximate surface area is 90.6 Å². The molecular weight excluding hydrogens is 192 g/mol. The van der Waals surface area contributed by atoms with Crippen molar-refractivity contribution < 1.29 is 14.6 Å². The van der Waals surface area contributed by atoms with Crippen LogP contribution in [-0.2, 0) is 16.9 Å². The van der Waals surface area contributed by atoms with Gasteiger partial charge in [0.15, 0.2) is 0 Å². The topological polar surface area (TPSA) is 38.7 Å². The summed E-state index contributed by atoms with van der Waals surface area (Å²) in [5, 5.41) is 10.0. The molecule has 84 valence electrons. The van der Waals surface area contributed by atoms with Gasteiger partial charge in [-0.2, -0.15) is 0 Å². The molecule has 0 fully saturated rings. The van der Waals surface area contributed by atoms with E-state index in [2.05, 4.69) is 0 Å². The highest BCUT2D eigenvalue weighted by atomic mass is 16.5. The smallest absolute Gasteiger partial charge is 0.124 e. The van der Waals surface area contributed by atoms with Gasteiger partial charge in [-0.3, -0.25) is 0 Å². The SMILES string of the molecule is COCc1c(OC)cccc1C(C)(C)O. The molecule has 15 heavy (non-hydrogen) atoms. The van der Waals surface area contributed by atoms with Crippen LogP contribution in [0.4, 0.5) is 0 Å². The molecule has 1 N–H and O–H groups in total. The molecule has 0 aliphatic heterocycles. The average Bonchev–Trinajstić information content (AvgIpc) is 2.17. The van der Waals surface area contributed by atoms with E-state index in [1.807, 2.05) is 18.2 Å². The number of hydrogen-bond acceptors (Lipinski definition) is 3. The molecule has 0 bridgehead atoms. The van der Waals surface area contributed by atoms with Crippen molar-refractivity contribution in [3.8, 4) is 5.75 Å². The molecule has 0 amide bonds. The van der Waals surface area contributed by atoms with Crippen molar-refractivity contribution in [3.63, 3.8) is 0 Å². The number of methoxy groups -OCH3 is 2. The normalized spacial score (nSPS) is 11.5. The molecule has 0 aliphatic carbocycles. The predicted octanol–water partition coefficient (Wildman–Crippen LogP) is 2.07. The zero-order valence-corrected chi connectivity index (χ0v) is 9.70. The third-order valence-electron chi connectivity index (χ3n) is 2.30. The lowest BCUT2D eigenvalue weighted by Crippen LogP contribution is -2.18. The van der Waals surface area contributed by atoms with Gasteiger partial charge in [0.05, 0.1) is 19.3 Å².